The summed E-state index contributed by atoms with van der Waals surface area (Å²) < 4.78 is 43.1. The second-order valence-corrected chi connectivity index (χ2v) is 9.40. The molecule has 152 valence electrons. The van der Waals surface area contributed by atoms with Crippen LogP contribution in [-0.4, -0.2) is 50.3 Å². The molecule has 1 aromatic rings. The highest BCUT2D eigenvalue weighted by Gasteiger charge is 2.49. The van der Waals surface area contributed by atoms with Gasteiger partial charge in [0.05, 0.1) is 18.9 Å². The molecule has 0 saturated heterocycles. The van der Waals surface area contributed by atoms with Crippen molar-refractivity contribution >= 4 is 16.0 Å². The molecule has 0 bridgehead atoms. The lowest BCUT2D eigenvalue weighted by atomic mass is 9.86. The maximum atomic E-state index is 12.3. The van der Waals surface area contributed by atoms with Gasteiger partial charge in [0.1, 0.15) is 17.1 Å². The molecule has 0 fully saturated rings. The molecule has 0 aliphatic carbocycles. The van der Waals surface area contributed by atoms with Crippen molar-refractivity contribution in [2.24, 2.45) is 0 Å². The highest BCUT2D eigenvalue weighted by molar-refractivity contribution is 7.88. The lowest BCUT2D eigenvalue weighted by molar-refractivity contribution is -0.165. The maximum absolute atomic E-state index is 12.3. The average Bonchev–Trinajstić information content (AvgIpc) is 2.54. The summed E-state index contributed by atoms with van der Waals surface area (Å²) in [5, 5.41) is 0. The molecule has 8 heteroatoms. The van der Waals surface area contributed by atoms with Crippen LogP contribution in [0.15, 0.2) is 18.2 Å². The zero-order valence-corrected chi connectivity index (χ0v) is 17.6. The van der Waals surface area contributed by atoms with E-state index in [1.165, 1.54) is 18.3 Å². The number of likely N-dealkylation sites (N-methyl/N-ethyl adjacent to an activating group) is 1. The van der Waals surface area contributed by atoms with Crippen LogP contribution in [0.2, 0.25) is 0 Å². The minimum Gasteiger partial charge on any atom is -0.494 e. The Morgan fingerprint density at radius 1 is 1.33 bits per heavy atom. The van der Waals surface area contributed by atoms with E-state index in [1.807, 2.05) is 0 Å². The highest BCUT2D eigenvalue weighted by Crippen LogP contribution is 2.45. The quantitative estimate of drug-likeness (QED) is 0.518. The third-order valence-corrected chi connectivity index (χ3v) is 5.89. The number of esters is 1. The molecule has 1 aliphatic heterocycles. The number of hydrogen-bond acceptors (Lipinski definition) is 6. The predicted octanol–water partition coefficient (Wildman–Crippen LogP) is 2.90. The Bertz CT molecular complexity index is 789. The summed E-state index contributed by atoms with van der Waals surface area (Å²) >= 11 is 0. The maximum Gasteiger partial charge on any atom is 0.303 e. The van der Waals surface area contributed by atoms with E-state index >= 15 is 0 Å². The van der Waals surface area contributed by atoms with Gasteiger partial charge in [-0.3, -0.25) is 4.79 Å². The van der Waals surface area contributed by atoms with E-state index in [9.17, 15) is 13.2 Å². The molecule has 0 amide bonds. The first-order valence-electron chi connectivity index (χ1n) is 9.03. The molecule has 0 aromatic heterocycles. The van der Waals surface area contributed by atoms with Crippen molar-refractivity contribution in [1.29, 1.82) is 0 Å². The van der Waals surface area contributed by atoms with Crippen LogP contribution in [-0.2, 0) is 19.6 Å². The minimum absolute atomic E-state index is 0.498. The number of benzene rings is 1. The Morgan fingerprint density at radius 3 is 2.56 bits per heavy atom. The first kappa shape index (κ1) is 21.5. The second-order valence-electron chi connectivity index (χ2n) is 7.36. The Balaban J connectivity index is 2.54. The average molecular weight is 400 g/mol. The Morgan fingerprint density at radius 2 is 2.00 bits per heavy atom. The van der Waals surface area contributed by atoms with E-state index < -0.39 is 33.7 Å². The Hall–Kier alpha value is -1.80. The predicted molar refractivity (Wildman–Crippen MR) is 102 cm³/mol. The van der Waals surface area contributed by atoms with Crippen LogP contribution >= 0.6 is 0 Å². The van der Waals surface area contributed by atoms with E-state index in [-0.39, 0.29) is 0 Å². The monoisotopic (exact) mass is 399 g/mol. The summed E-state index contributed by atoms with van der Waals surface area (Å²) in [6, 6.07) is 4.61. The molecule has 2 atom stereocenters. The van der Waals surface area contributed by atoms with Crippen LogP contribution in [0.3, 0.4) is 0 Å². The van der Waals surface area contributed by atoms with Gasteiger partial charge in [-0.2, -0.15) is 4.31 Å². The van der Waals surface area contributed by atoms with Crippen LogP contribution in [0.5, 0.6) is 11.5 Å². The Kier molecular flexibility index (Phi) is 6.42. The molecule has 1 heterocycles. The smallest absolute Gasteiger partial charge is 0.303 e. The van der Waals surface area contributed by atoms with E-state index in [2.05, 4.69) is 6.92 Å². The highest BCUT2D eigenvalue weighted by atomic mass is 32.2. The van der Waals surface area contributed by atoms with Crippen LogP contribution in [0.4, 0.5) is 0 Å². The third-order valence-electron chi connectivity index (χ3n) is 4.62. The van der Waals surface area contributed by atoms with Gasteiger partial charge in [0.25, 0.3) is 0 Å². The summed E-state index contributed by atoms with van der Waals surface area (Å²) in [7, 11) is -2.07. The fourth-order valence-corrected chi connectivity index (χ4v) is 3.77. The number of sulfonamides is 1. The molecular formula is C19H29NO6S. The summed E-state index contributed by atoms with van der Waals surface area (Å²) in [5.74, 6) is 0.674. The van der Waals surface area contributed by atoms with Gasteiger partial charge in [0, 0.05) is 19.5 Å². The molecule has 0 saturated carbocycles. The Labute approximate surface area is 161 Å². The fourth-order valence-electron chi connectivity index (χ4n) is 3.14. The second kappa shape index (κ2) is 8.06. The molecule has 0 spiro atoms. The van der Waals surface area contributed by atoms with Crippen LogP contribution in [0.1, 0.15) is 52.1 Å². The van der Waals surface area contributed by atoms with Crippen molar-refractivity contribution in [2.75, 3.05) is 19.9 Å². The number of hydrogen-bond donors (Lipinski definition) is 0. The number of fused-ring (bicyclic) bond motifs is 1. The summed E-state index contributed by atoms with van der Waals surface area (Å²) in [4.78, 5) is 11.7. The third kappa shape index (κ3) is 4.93. The minimum atomic E-state index is -3.55. The topological polar surface area (TPSA) is 82.1 Å². The number of carbonyl (C=O) groups is 1. The lowest BCUT2D eigenvalue weighted by Crippen LogP contribution is -2.55. The van der Waals surface area contributed by atoms with Crippen molar-refractivity contribution in [3.63, 3.8) is 0 Å². The lowest BCUT2D eigenvalue weighted by Gasteiger charge is -2.46. The van der Waals surface area contributed by atoms with Gasteiger partial charge in [-0.05, 0) is 38.5 Å². The number of nitrogens with zero attached hydrogens (tertiary/aromatic N) is 1. The number of ether oxygens (including phenoxy) is 3. The molecule has 1 aromatic carbocycles. The fraction of sp³-hybridized carbons (Fsp3) is 0.632. The number of carbonyl (C=O) groups excluding carboxylic acids is 1. The molecule has 2 unspecified atom stereocenters. The van der Waals surface area contributed by atoms with Crippen molar-refractivity contribution in [3.05, 3.63) is 23.8 Å². The van der Waals surface area contributed by atoms with Crippen LogP contribution in [0.25, 0.3) is 0 Å². The zero-order valence-electron chi connectivity index (χ0n) is 16.8. The van der Waals surface area contributed by atoms with Crippen molar-refractivity contribution in [1.82, 2.24) is 4.31 Å². The van der Waals surface area contributed by atoms with E-state index in [0.717, 1.165) is 19.1 Å². The number of unbranched alkanes of at least 4 members (excludes halogenated alkanes) is 1. The van der Waals surface area contributed by atoms with Gasteiger partial charge in [0.2, 0.25) is 10.0 Å². The molecule has 27 heavy (non-hydrogen) atoms. The molecule has 7 nitrogen and oxygen atoms in total. The van der Waals surface area contributed by atoms with Gasteiger partial charge < -0.3 is 14.2 Å². The standard InChI is InChI=1S/C19H29NO6S/c1-7-8-11-24-14-9-10-16-15(12-14)17(20(5)27(6,22)23)18(25-13(2)21)19(3,4)26-16/h9-10,12,17-18H,7-8,11H2,1-6H3. The first-order valence-corrected chi connectivity index (χ1v) is 10.9. The van der Waals surface area contributed by atoms with E-state index in [4.69, 9.17) is 14.2 Å². The normalized spacial score (nSPS) is 21.3. The van der Waals surface area contributed by atoms with Crippen molar-refractivity contribution in [3.8, 4) is 11.5 Å². The van der Waals surface area contributed by atoms with Crippen molar-refractivity contribution in [2.45, 2.75) is 58.3 Å². The zero-order chi connectivity index (χ0) is 20.4. The summed E-state index contributed by atoms with van der Waals surface area (Å²) in [6.07, 6.45) is 2.24. The van der Waals surface area contributed by atoms with E-state index in [0.29, 0.717) is 23.7 Å². The molecular weight excluding hydrogens is 370 g/mol. The van der Waals surface area contributed by atoms with Gasteiger partial charge in [-0.15, -0.1) is 0 Å². The van der Waals surface area contributed by atoms with Crippen LogP contribution in [0, 0.1) is 0 Å². The van der Waals surface area contributed by atoms with Gasteiger partial charge in [-0.25, -0.2) is 8.42 Å². The van der Waals surface area contributed by atoms with Gasteiger partial charge in [0.15, 0.2) is 6.10 Å². The number of rotatable bonds is 7. The molecule has 1 aliphatic rings. The summed E-state index contributed by atoms with van der Waals surface area (Å²) in [5.41, 5.74) is -0.296. The van der Waals surface area contributed by atoms with Crippen molar-refractivity contribution < 1.29 is 27.4 Å². The van der Waals surface area contributed by atoms with E-state index in [1.54, 1.807) is 32.0 Å². The summed E-state index contributed by atoms with van der Waals surface area (Å²) in [6.45, 7) is 7.50. The molecule has 0 radical (unpaired) electrons. The van der Waals surface area contributed by atoms with Gasteiger partial charge in [-0.1, -0.05) is 13.3 Å². The first-order chi connectivity index (χ1) is 12.5. The van der Waals surface area contributed by atoms with Crippen LogP contribution < -0.4 is 9.47 Å². The SMILES string of the molecule is CCCCOc1ccc2c(c1)C(N(C)S(C)(=O)=O)C(OC(C)=O)C(C)(C)O2. The largest absolute Gasteiger partial charge is 0.494 e. The molecule has 2 rings (SSSR count). The molecule has 0 N–H and O–H groups in total. The van der Waals surface area contributed by atoms with Gasteiger partial charge >= 0.3 is 5.97 Å².